The molecule has 0 amide bonds. The van der Waals surface area contributed by atoms with E-state index in [0.29, 0.717) is 19.3 Å². The van der Waals surface area contributed by atoms with Crippen molar-refractivity contribution in [3.8, 4) is 0 Å². The molecule has 7 nitrogen and oxygen atoms in total. The predicted molar refractivity (Wildman–Crippen MR) is 70.4 cm³/mol. The van der Waals surface area contributed by atoms with Crippen molar-refractivity contribution in [1.82, 2.24) is 0 Å². The Hall–Kier alpha value is -1.50. The highest BCUT2D eigenvalue weighted by Gasteiger charge is 2.64. The van der Waals surface area contributed by atoms with Gasteiger partial charge in [-0.3, -0.25) is 9.59 Å². The largest absolute Gasteiger partial charge is 0.743 e. The van der Waals surface area contributed by atoms with Crippen molar-refractivity contribution in [1.29, 1.82) is 0 Å². The fraction of sp³-hybridized carbons (Fsp3) is 0.846. The quantitative estimate of drug-likeness (QED) is 0.384. The van der Waals surface area contributed by atoms with Crippen LogP contribution in [0.3, 0.4) is 0 Å². The first-order chi connectivity index (χ1) is 11.7. The number of methoxy groups -OCH3 is 1. The standard InChI is InChI=1S/C13H15F5O7S/c1-24-9(19)7-5-2-3-6(4-5)8(7)10(20)25-11(12(14,15)16)13(17,18)26(21,22)23/h5-8,11H,2-4H2,1H3,(H,21,22,23)/p-1. The summed E-state index contributed by atoms with van der Waals surface area (Å²) in [6.45, 7) is 0. The van der Waals surface area contributed by atoms with E-state index in [-0.39, 0.29) is 5.92 Å². The minimum Gasteiger partial charge on any atom is -0.743 e. The van der Waals surface area contributed by atoms with Crippen molar-refractivity contribution in [3.05, 3.63) is 0 Å². The van der Waals surface area contributed by atoms with Gasteiger partial charge in [0.15, 0.2) is 10.1 Å². The predicted octanol–water partition coefficient (Wildman–Crippen LogP) is 1.43. The lowest BCUT2D eigenvalue weighted by Crippen LogP contribution is -2.53. The molecular weight excluding hydrogens is 395 g/mol. The molecule has 0 spiro atoms. The lowest BCUT2D eigenvalue weighted by atomic mass is 9.79. The average Bonchev–Trinajstić information content (AvgIpc) is 3.09. The SMILES string of the molecule is COC(=O)C1C2CCC(C2)C1C(=O)OC(C(F)(F)F)C(F)(F)S(=O)(=O)[O-]. The summed E-state index contributed by atoms with van der Waals surface area (Å²) in [7, 11) is -5.78. The molecule has 0 aromatic heterocycles. The first-order valence-corrected chi connectivity index (χ1v) is 8.81. The zero-order chi connectivity index (χ0) is 20.1. The van der Waals surface area contributed by atoms with Crippen molar-refractivity contribution in [2.45, 2.75) is 36.8 Å². The van der Waals surface area contributed by atoms with Crippen LogP contribution in [0.25, 0.3) is 0 Å². The highest BCUT2D eigenvalue weighted by atomic mass is 32.2. The zero-order valence-electron chi connectivity index (χ0n) is 13.2. The molecular formula is C13H14F5O7S-. The lowest BCUT2D eigenvalue weighted by Gasteiger charge is -2.33. The molecule has 13 heteroatoms. The second-order valence-corrected chi connectivity index (χ2v) is 7.73. The average molecular weight is 409 g/mol. The third-order valence-corrected chi connectivity index (χ3v) is 5.71. The van der Waals surface area contributed by atoms with Gasteiger partial charge in [0, 0.05) is 0 Å². The molecule has 150 valence electrons. The van der Waals surface area contributed by atoms with Gasteiger partial charge in [0.25, 0.3) is 6.10 Å². The Balaban J connectivity index is 2.31. The molecule has 5 atom stereocenters. The molecule has 5 unspecified atom stereocenters. The molecule has 0 aromatic rings. The molecule has 0 N–H and O–H groups in total. The van der Waals surface area contributed by atoms with Crippen molar-refractivity contribution in [3.63, 3.8) is 0 Å². The number of halogens is 5. The summed E-state index contributed by atoms with van der Waals surface area (Å²) in [5.41, 5.74) is 0. The van der Waals surface area contributed by atoms with Gasteiger partial charge in [-0.1, -0.05) is 0 Å². The Morgan fingerprint density at radius 1 is 1.04 bits per heavy atom. The second kappa shape index (κ2) is 6.59. The van der Waals surface area contributed by atoms with E-state index in [0.717, 1.165) is 7.11 Å². The molecule has 2 bridgehead atoms. The number of carbonyl (C=O) groups excluding carboxylic acids is 2. The summed E-state index contributed by atoms with van der Waals surface area (Å²) < 4.78 is 105. The molecule has 0 aliphatic heterocycles. The Labute approximate surface area is 144 Å². The lowest BCUT2D eigenvalue weighted by molar-refractivity contribution is -0.261. The van der Waals surface area contributed by atoms with Crippen LogP contribution in [-0.2, 0) is 29.2 Å². The van der Waals surface area contributed by atoms with Crippen LogP contribution in [0.4, 0.5) is 22.0 Å². The van der Waals surface area contributed by atoms with Crippen LogP contribution >= 0.6 is 0 Å². The number of hydrogen-bond donors (Lipinski definition) is 0. The number of alkyl halides is 5. The van der Waals surface area contributed by atoms with E-state index >= 15 is 0 Å². The monoisotopic (exact) mass is 409 g/mol. The van der Waals surface area contributed by atoms with Gasteiger partial charge in [0.05, 0.1) is 18.9 Å². The first-order valence-electron chi connectivity index (χ1n) is 7.40. The van der Waals surface area contributed by atoms with Crippen molar-refractivity contribution >= 4 is 22.1 Å². The number of carbonyl (C=O) groups is 2. The van der Waals surface area contributed by atoms with Gasteiger partial charge in [-0.2, -0.15) is 22.0 Å². The summed E-state index contributed by atoms with van der Waals surface area (Å²) in [5, 5.41) is -5.92. The second-order valence-electron chi connectivity index (χ2n) is 6.28. The Morgan fingerprint density at radius 2 is 1.50 bits per heavy atom. The fourth-order valence-corrected chi connectivity index (χ4v) is 4.20. The maximum Gasteiger partial charge on any atom is 0.432 e. The highest BCUT2D eigenvalue weighted by Crippen LogP contribution is 2.53. The summed E-state index contributed by atoms with van der Waals surface area (Å²) in [6.07, 6.45) is -9.32. The van der Waals surface area contributed by atoms with Crippen LogP contribution in [0.15, 0.2) is 0 Å². The molecule has 0 saturated heterocycles. The summed E-state index contributed by atoms with van der Waals surface area (Å²) >= 11 is 0. The van der Waals surface area contributed by atoms with Crippen molar-refractivity contribution in [2.75, 3.05) is 7.11 Å². The number of rotatable bonds is 5. The van der Waals surface area contributed by atoms with Gasteiger partial charge in [0.1, 0.15) is 0 Å². The van der Waals surface area contributed by atoms with Crippen LogP contribution in [0.2, 0.25) is 0 Å². The first kappa shape index (κ1) is 20.8. The third-order valence-electron chi connectivity index (χ3n) is 4.83. The molecule has 0 heterocycles. The van der Waals surface area contributed by atoms with Gasteiger partial charge in [-0.15, -0.1) is 0 Å². The minimum atomic E-state index is -6.77. The molecule has 2 rings (SSSR count). The van der Waals surface area contributed by atoms with Crippen LogP contribution in [-0.4, -0.2) is 49.6 Å². The van der Waals surface area contributed by atoms with E-state index in [9.17, 15) is 44.5 Å². The Kier molecular flexibility index (Phi) is 5.27. The number of ether oxygens (including phenoxy) is 2. The van der Waals surface area contributed by atoms with Gasteiger partial charge in [-0.05, 0) is 31.1 Å². The van der Waals surface area contributed by atoms with E-state index in [2.05, 4.69) is 9.47 Å². The topological polar surface area (TPSA) is 110 Å². The van der Waals surface area contributed by atoms with Gasteiger partial charge >= 0.3 is 23.4 Å². The molecule has 2 aliphatic rings. The Morgan fingerprint density at radius 3 is 1.88 bits per heavy atom. The third kappa shape index (κ3) is 3.50. The fourth-order valence-electron chi connectivity index (χ4n) is 3.76. The van der Waals surface area contributed by atoms with Gasteiger partial charge in [0.2, 0.25) is 0 Å². The maximum atomic E-state index is 13.5. The molecule has 2 fully saturated rings. The normalized spacial score (nSPS) is 30.1. The van der Waals surface area contributed by atoms with E-state index < -0.39 is 57.3 Å². The molecule has 0 aromatic carbocycles. The molecule has 2 aliphatic carbocycles. The zero-order valence-corrected chi connectivity index (χ0v) is 14.0. The highest BCUT2D eigenvalue weighted by molar-refractivity contribution is 7.86. The molecule has 2 saturated carbocycles. The summed E-state index contributed by atoms with van der Waals surface area (Å²) in [5.74, 6) is -6.31. The van der Waals surface area contributed by atoms with E-state index in [1.54, 1.807) is 0 Å². The van der Waals surface area contributed by atoms with E-state index in [4.69, 9.17) is 0 Å². The smallest absolute Gasteiger partial charge is 0.432 e. The number of esters is 2. The van der Waals surface area contributed by atoms with Crippen molar-refractivity contribution in [2.24, 2.45) is 23.7 Å². The number of hydrogen-bond acceptors (Lipinski definition) is 7. The summed E-state index contributed by atoms with van der Waals surface area (Å²) in [4.78, 5) is 23.9. The Bertz CT molecular complexity index is 689. The molecule has 26 heavy (non-hydrogen) atoms. The van der Waals surface area contributed by atoms with E-state index in [1.807, 2.05) is 0 Å². The van der Waals surface area contributed by atoms with Crippen LogP contribution in [0, 0.1) is 23.7 Å². The van der Waals surface area contributed by atoms with Crippen LogP contribution in [0.5, 0.6) is 0 Å². The number of fused-ring (bicyclic) bond motifs is 2. The van der Waals surface area contributed by atoms with Gasteiger partial charge < -0.3 is 14.0 Å². The van der Waals surface area contributed by atoms with E-state index in [1.165, 1.54) is 0 Å². The molecule has 0 radical (unpaired) electrons. The van der Waals surface area contributed by atoms with Crippen LogP contribution in [0.1, 0.15) is 19.3 Å². The summed E-state index contributed by atoms with van der Waals surface area (Å²) in [6, 6.07) is 0. The van der Waals surface area contributed by atoms with Gasteiger partial charge in [-0.25, -0.2) is 8.42 Å². The van der Waals surface area contributed by atoms with Crippen LogP contribution < -0.4 is 0 Å². The maximum absolute atomic E-state index is 13.5. The van der Waals surface area contributed by atoms with Crippen molar-refractivity contribution < 1.29 is 54.0 Å². The minimum absolute atomic E-state index is 0.298.